The maximum atomic E-state index is 14.2. The molecule has 3 rings (SSSR count). The van der Waals surface area contributed by atoms with E-state index in [1.54, 1.807) is 6.07 Å². The number of rotatable bonds is 2. The first-order valence-electron chi connectivity index (χ1n) is 6.35. The summed E-state index contributed by atoms with van der Waals surface area (Å²) in [5.41, 5.74) is 0.395. The van der Waals surface area contributed by atoms with Gasteiger partial charge in [-0.25, -0.2) is 4.39 Å². The Kier molecular flexibility index (Phi) is 3.74. The number of carbonyl (C=O) groups is 1. The molecule has 1 aromatic heterocycles. The first-order chi connectivity index (χ1) is 10.7. The molecule has 2 heterocycles. The van der Waals surface area contributed by atoms with Crippen LogP contribution in [0, 0.1) is 5.82 Å². The Bertz CT molecular complexity index is 913. The summed E-state index contributed by atoms with van der Waals surface area (Å²) >= 11 is 6.83. The minimum Gasteiger partial charge on any atom is -0.319 e. The Morgan fingerprint density at radius 1 is 1.22 bits per heavy atom. The Morgan fingerprint density at radius 2 is 1.83 bits per heavy atom. The summed E-state index contributed by atoms with van der Waals surface area (Å²) in [5.74, 6) is -1.24. The maximum absolute atomic E-state index is 14.2. The van der Waals surface area contributed by atoms with Crippen molar-refractivity contribution in [3.63, 3.8) is 0 Å². The lowest BCUT2D eigenvalue weighted by Crippen LogP contribution is -2.32. The summed E-state index contributed by atoms with van der Waals surface area (Å²) in [4.78, 5) is 12.4. The van der Waals surface area contributed by atoms with Gasteiger partial charge in [0.1, 0.15) is 5.82 Å². The molecule has 0 unspecified atom stereocenters. The van der Waals surface area contributed by atoms with E-state index < -0.39 is 21.9 Å². The molecule has 0 saturated carbocycles. The van der Waals surface area contributed by atoms with Gasteiger partial charge in [-0.15, -0.1) is 11.3 Å². The van der Waals surface area contributed by atoms with E-state index in [1.807, 2.05) is 0 Å². The van der Waals surface area contributed by atoms with Gasteiger partial charge in [0.05, 0.1) is 26.3 Å². The average Bonchev–Trinajstić information content (AvgIpc) is 2.99. The van der Waals surface area contributed by atoms with Crippen LogP contribution in [-0.2, 0) is 10.2 Å². The predicted octanol–water partition coefficient (Wildman–Crippen LogP) is 2.92. The van der Waals surface area contributed by atoms with Gasteiger partial charge in [-0.2, -0.15) is 8.42 Å². The van der Waals surface area contributed by atoms with Gasteiger partial charge in [0.15, 0.2) is 0 Å². The number of carbonyl (C=O) groups excluding carboxylic acids is 1. The lowest BCUT2D eigenvalue weighted by Gasteiger charge is -2.13. The van der Waals surface area contributed by atoms with Crippen molar-refractivity contribution in [2.45, 2.75) is 0 Å². The third-order valence-electron chi connectivity index (χ3n) is 3.48. The highest BCUT2D eigenvalue weighted by Crippen LogP contribution is 2.41. The smallest absolute Gasteiger partial charge is 0.319 e. The fraction of sp³-hybridized carbons (Fsp3) is 0.154. The monoisotopic (exact) mass is 375 g/mol. The van der Waals surface area contributed by atoms with Gasteiger partial charge in [0.25, 0.3) is 5.91 Å². The van der Waals surface area contributed by atoms with Crippen molar-refractivity contribution in [2.75, 3.05) is 28.0 Å². The third-order valence-corrected chi connectivity index (χ3v) is 6.49. The fourth-order valence-electron chi connectivity index (χ4n) is 2.20. The topological polar surface area (TPSA) is 69.7 Å². The molecular weight excluding hydrogens is 365 g/mol. The molecule has 23 heavy (non-hydrogen) atoms. The largest absolute Gasteiger partial charge is 0.326 e. The van der Waals surface area contributed by atoms with Crippen LogP contribution in [0.15, 0.2) is 24.3 Å². The van der Waals surface area contributed by atoms with Crippen molar-refractivity contribution < 1.29 is 17.6 Å². The Labute approximate surface area is 141 Å². The van der Waals surface area contributed by atoms with E-state index >= 15 is 0 Å². The summed E-state index contributed by atoms with van der Waals surface area (Å²) in [6.45, 7) is 0. The summed E-state index contributed by atoms with van der Waals surface area (Å²) in [6.07, 6.45) is 0. The van der Waals surface area contributed by atoms with Gasteiger partial charge in [-0.1, -0.05) is 11.6 Å². The molecular formula is C13H11ClFN3O3S2. The van der Waals surface area contributed by atoms with Crippen molar-refractivity contribution >= 4 is 56.1 Å². The molecule has 1 aliphatic heterocycles. The summed E-state index contributed by atoms with van der Waals surface area (Å²) in [6, 6.07) is 5.46. The first kappa shape index (κ1) is 16.0. The molecule has 122 valence electrons. The second-order valence-electron chi connectivity index (χ2n) is 4.82. The van der Waals surface area contributed by atoms with Crippen LogP contribution in [0.5, 0.6) is 0 Å². The first-order valence-corrected chi connectivity index (χ1v) is 8.94. The van der Waals surface area contributed by atoms with Gasteiger partial charge in [-0.05, 0) is 18.2 Å². The molecule has 1 N–H and O–H groups in total. The van der Waals surface area contributed by atoms with E-state index in [0.29, 0.717) is 9.21 Å². The lowest BCUT2D eigenvalue weighted by atomic mass is 10.2. The Morgan fingerprint density at radius 3 is 2.39 bits per heavy atom. The number of halogens is 2. The Balaban J connectivity index is 1.97. The zero-order valence-corrected chi connectivity index (χ0v) is 14.4. The molecule has 2 aromatic rings. The SMILES string of the molecule is CN1c2cc(F)c(NC(=O)c3ccc(Cl)s3)cc2N(C)S1(=O)=O. The number of benzene rings is 1. The normalized spacial score (nSPS) is 15.7. The summed E-state index contributed by atoms with van der Waals surface area (Å²) in [5, 5.41) is 2.43. The molecule has 0 bridgehead atoms. The number of thiophene rings is 1. The minimum absolute atomic E-state index is 0.101. The van der Waals surface area contributed by atoms with Crippen LogP contribution < -0.4 is 13.9 Å². The van der Waals surface area contributed by atoms with Crippen molar-refractivity contribution in [3.05, 3.63) is 39.3 Å². The molecule has 0 spiro atoms. The van der Waals surface area contributed by atoms with Crippen LogP contribution >= 0.6 is 22.9 Å². The predicted molar refractivity (Wildman–Crippen MR) is 89.4 cm³/mol. The van der Waals surface area contributed by atoms with E-state index in [4.69, 9.17) is 11.6 Å². The highest BCUT2D eigenvalue weighted by Gasteiger charge is 2.36. The molecule has 0 radical (unpaired) electrons. The summed E-state index contributed by atoms with van der Waals surface area (Å²) in [7, 11) is -1.00. The molecule has 0 saturated heterocycles. The fourth-order valence-corrected chi connectivity index (χ4v) is 4.30. The zero-order valence-electron chi connectivity index (χ0n) is 12.0. The van der Waals surface area contributed by atoms with Crippen LogP contribution in [0.1, 0.15) is 9.67 Å². The number of nitrogens with zero attached hydrogens (tertiary/aromatic N) is 2. The molecule has 0 atom stereocenters. The highest BCUT2D eigenvalue weighted by molar-refractivity contribution is 7.94. The zero-order chi connectivity index (χ0) is 16.9. The van der Waals surface area contributed by atoms with Crippen LogP contribution in [0.2, 0.25) is 4.34 Å². The van der Waals surface area contributed by atoms with Crippen molar-refractivity contribution in [2.24, 2.45) is 0 Å². The second-order valence-corrected chi connectivity index (χ2v) is 8.53. The molecule has 1 aliphatic rings. The van der Waals surface area contributed by atoms with Gasteiger partial charge in [0.2, 0.25) is 0 Å². The number of nitrogens with one attached hydrogen (secondary N) is 1. The van der Waals surface area contributed by atoms with E-state index in [-0.39, 0.29) is 17.1 Å². The van der Waals surface area contributed by atoms with Crippen molar-refractivity contribution in [1.29, 1.82) is 0 Å². The Hall–Kier alpha value is -1.84. The number of hydrogen-bond acceptors (Lipinski definition) is 4. The molecule has 0 aliphatic carbocycles. The number of amides is 1. The maximum Gasteiger partial charge on any atom is 0.326 e. The number of hydrogen-bond donors (Lipinski definition) is 1. The summed E-state index contributed by atoms with van der Waals surface area (Å²) < 4.78 is 40.7. The minimum atomic E-state index is -3.70. The number of fused-ring (bicyclic) bond motifs is 1. The van der Waals surface area contributed by atoms with Gasteiger partial charge in [-0.3, -0.25) is 13.4 Å². The molecule has 1 aromatic carbocycles. The van der Waals surface area contributed by atoms with E-state index in [9.17, 15) is 17.6 Å². The average molecular weight is 376 g/mol. The van der Waals surface area contributed by atoms with Crippen LogP contribution in [0.25, 0.3) is 0 Å². The highest BCUT2D eigenvalue weighted by atomic mass is 35.5. The number of anilines is 3. The van der Waals surface area contributed by atoms with E-state index in [1.165, 1.54) is 26.2 Å². The molecule has 0 fully saturated rings. The van der Waals surface area contributed by atoms with Gasteiger partial charge in [0, 0.05) is 20.2 Å². The standard InChI is InChI=1S/C13H11ClFN3O3S2/c1-17-9-5-7(15)8(6-10(9)18(2)23(17,20)21)16-13(19)11-3-4-12(14)22-11/h3-6H,1-2H3,(H,16,19). The lowest BCUT2D eigenvalue weighted by molar-refractivity contribution is 0.103. The van der Waals surface area contributed by atoms with Crippen molar-refractivity contribution in [3.8, 4) is 0 Å². The third kappa shape index (κ3) is 2.54. The molecule has 1 amide bonds. The van der Waals surface area contributed by atoms with E-state index in [2.05, 4.69) is 5.32 Å². The molecule has 6 nitrogen and oxygen atoms in total. The van der Waals surface area contributed by atoms with Crippen LogP contribution in [0.3, 0.4) is 0 Å². The van der Waals surface area contributed by atoms with Crippen molar-refractivity contribution in [1.82, 2.24) is 0 Å². The van der Waals surface area contributed by atoms with Crippen LogP contribution in [0.4, 0.5) is 21.5 Å². The second kappa shape index (κ2) is 5.36. The van der Waals surface area contributed by atoms with Crippen LogP contribution in [-0.4, -0.2) is 28.4 Å². The van der Waals surface area contributed by atoms with E-state index in [0.717, 1.165) is 26.0 Å². The molecule has 10 heteroatoms. The quantitative estimate of drug-likeness (QED) is 0.877. The van der Waals surface area contributed by atoms with Gasteiger partial charge >= 0.3 is 10.2 Å². The van der Waals surface area contributed by atoms with Gasteiger partial charge < -0.3 is 5.32 Å².